The van der Waals surface area contributed by atoms with Gasteiger partial charge in [-0.2, -0.15) is 0 Å². The summed E-state index contributed by atoms with van der Waals surface area (Å²) >= 11 is 0. The smallest absolute Gasteiger partial charge is 0.243 e. The number of rotatable bonds is 5. The number of fused-ring (bicyclic) bond motifs is 1. The van der Waals surface area contributed by atoms with E-state index in [4.69, 9.17) is 4.74 Å². The van der Waals surface area contributed by atoms with E-state index in [1.54, 1.807) is 7.11 Å². The summed E-state index contributed by atoms with van der Waals surface area (Å²) in [5, 5.41) is 6.78. The van der Waals surface area contributed by atoms with Crippen LogP contribution in [0.5, 0.6) is 5.75 Å². The topological polar surface area (TPSA) is 76.1 Å². The van der Waals surface area contributed by atoms with Crippen molar-refractivity contribution in [3.8, 4) is 5.75 Å². The molecule has 0 spiro atoms. The summed E-state index contributed by atoms with van der Waals surface area (Å²) in [5.74, 6) is 1.08. The Hall–Kier alpha value is -3.15. The number of benzene rings is 2. The number of hydrogen-bond donors (Lipinski definition) is 2. The minimum absolute atomic E-state index is 0.0953. The Morgan fingerprint density at radius 1 is 1.17 bits per heavy atom. The number of methoxy groups -OCH3 is 1. The molecule has 0 saturated carbocycles. The van der Waals surface area contributed by atoms with Crippen molar-refractivity contribution in [2.24, 2.45) is 0 Å². The lowest BCUT2D eigenvalue weighted by Crippen LogP contribution is -2.22. The highest BCUT2D eigenvalue weighted by molar-refractivity contribution is 5.96. The maximum Gasteiger partial charge on any atom is 0.243 e. The van der Waals surface area contributed by atoms with Crippen molar-refractivity contribution < 1.29 is 9.53 Å². The van der Waals surface area contributed by atoms with Crippen LogP contribution in [0.15, 0.2) is 48.8 Å². The Morgan fingerprint density at radius 3 is 2.83 bits per heavy atom. The maximum absolute atomic E-state index is 12.2. The van der Waals surface area contributed by atoms with Gasteiger partial charge in [-0.1, -0.05) is 18.2 Å². The fourth-order valence-electron chi connectivity index (χ4n) is 2.42. The molecule has 3 rings (SSSR count). The first-order valence-electron chi connectivity index (χ1n) is 7.55. The molecule has 122 valence electrons. The highest BCUT2D eigenvalue weighted by Crippen LogP contribution is 2.25. The van der Waals surface area contributed by atoms with Gasteiger partial charge in [0.2, 0.25) is 5.91 Å². The quantitative estimate of drug-likeness (QED) is 0.755. The molecule has 1 amide bonds. The van der Waals surface area contributed by atoms with Crippen molar-refractivity contribution in [1.82, 2.24) is 9.97 Å². The number of carbonyl (C=O) groups excluding carboxylic acids is 1. The molecule has 24 heavy (non-hydrogen) atoms. The molecule has 2 N–H and O–H groups in total. The van der Waals surface area contributed by atoms with Gasteiger partial charge in [0.15, 0.2) is 0 Å². The number of para-hydroxylation sites is 1. The number of amides is 1. The second kappa shape index (κ2) is 6.95. The van der Waals surface area contributed by atoms with Gasteiger partial charge in [0.05, 0.1) is 24.9 Å². The average Bonchev–Trinajstić information content (AvgIpc) is 2.60. The highest BCUT2D eigenvalue weighted by Gasteiger charge is 2.09. The molecule has 0 aliphatic rings. The van der Waals surface area contributed by atoms with E-state index < -0.39 is 0 Å². The molecule has 0 fully saturated rings. The molecule has 3 aromatic rings. The zero-order chi connectivity index (χ0) is 16.9. The van der Waals surface area contributed by atoms with E-state index in [-0.39, 0.29) is 12.5 Å². The number of nitrogens with zero attached hydrogens (tertiary/aromatic N) is 2. The minimum atomic E-state index is -0.179. The van der Waals surface area contributed by atoms with Gasteiger partial charge in [-0.15, -0.1) is 0 Å². The Labute approximate surface area is 139 Å². The van der Waals surface area contributed by atoms with Gasteiger partial charge < -0.3 is 15.4 Å². The third-order valence-electron chi connectivity index (χ3n) is 3.59. The van der Waals surface area contributed by atoms with Crippen LogP contribution in [-0.2, 0) is 4.79 Å². The van der Waals surface area contributed by atoms with Crippen LogP contribution in [0.25, 0.3) is 10.9 Å². The standard InChI is InChI=1S/C18H18N4O2/c1-12-7-8-16(24-2)15(9-12)22-17(23)10-19-18-13-5-3-4-6-14(13)20-11-21-18/h3-9,11H,10H2,1-2H3,(H,22,23)(H,19,20,21). The van der Waals surface area contributed by atoms with E-state index in [0.29, 0.717) is 17.3 Å². The van der Waals surface area contributed by atoms with Crippen molar-refractivity contribution in [2.45, 2.75) is 6.92 Å². The van der Waals surface area contributed by atoms with E-state index in [1.807, 2.05) is 49.4 Å². The lowest BCUT2D eigenvalue weighted by atomic mass is 10.2. The predicted octanol–water partition coefficient (Wildman–Crippen LogP) is 3.00. The molecule has 1 aromatic heterocycles. The largest absolute Gasteiger partial charge is 0.495 e. The Balaban J connectivity index is 1.71. The fraction of sp³-hybridized carbons (Fsp3) is 0.167. The molecule has 2 aromatic carbocycles. The first kappa shape index (κ1) is 15.7. The van der Waals surface area contributed by atoms with Crippen molar-refractivity contribution in [2.75, 3.05) is 24.3 Å². The second-order valence-electron chi connectivity index (χ2n) is 5.34. The van der Waals surface area contributed by atoms with Crippen LogP contribution in [0.3, 0.4) is 0 Å². The van der Waals surface area contributed by atoms with Crippen LogP contribution in [-0.4, -0.2) is 29.5 Å². The summed E-state index contributed by atoms with van der Waals surface area (Å²) in [7, 11) is 1.57. The molecule has 0 aliphatic carbocycles. The average molecular weight is 322 g/mol. The van der Waals surface area contributed by atoms with Crippen LogP contribution in [0.1, 0.15) is 5.56 Å². The zero-order valence-corrected chi connectivity index (χ0v) is 13.5. The van der Waals surface area contributed by atoms with E-state index in [0.717, 1.165) is 16.5 Å². The number of nitrogens with one attached hydrogen (secondary N) is 2. The Kier molecular flexibility index (Phi) is 4.56. The third kappa shape index (κ3) is 3.43. The normalized spacial score (nSPS) is 10.4. The molecular formula is C18H18N4O2. The van der Waals surface area contributed by atoms with Crippen molar-refractivity contribution in [3.63, 3.8) is 0 Å². The molecule has 0 bridgehead atoms. The Morgan fingerprint density at radius 2 is 2.00 bits per heavy atom. The number of anilines is 2. The van der Waals surface area contributed by atoms with Crippen LogP contribution in [0.2, 0.25) is 0 Å². The van der Waals surface area contributed by atoms with E-state index in [1.165, 1.54) is 6.33 Å². The van der Waals surface area contributed by atoms with E-state index in [2.05, 4.69) is 20.6 Å². The van der Waals surface area contributed by atoms with Gasteiger partial charge in [0.25, 0.3) is 0 Å². The van der Waals surface area contributed by atoms with Gasteiger partial charge in [-0.3, -0.25) is 4.79 Å². The maximum atomic E-state index is 12.2. The number of aryl methyl sites for hydroxylation is 1. The monoisotopic (exact) mass is 322 g/mol. The molecule has 0 unspecified atom stereocenters. The molecule has 0 saturated heterocycles. The molecule has 0 atom stereocenters. The summed E-state index contributed by atoms with van der Waals surface area (Å²) < 4.78 is 5.27. The molecule has 1 heterocycles. The number of aromatic nitrogens is 2. The van der Waals surface area contributed by atoms with Crippen molar-refractivity contribution >= 4 is 28.3 Å². The number of ether oxygens (including phenoxy) is 1. The summed E-state index contributed by atoms with van der Waals surface area (Å²) in [6.07, 6.45) is 1.48. The lowest BCUT2D eigenvalue weighted by Gasteiger charge is -2.12. The zero-order valence-electron chi connectivity index (χ0n) is 13.5. The first-order chi connectivity index (χ1) is 11.7. The van der Waals surface area contributed by atoms with Crippen LogP contribution >= 0.6 is 0 Å². The summed E-state index contributed by atoms with van der Waals surface area (Å²) in [5.41, 5.74) is 2.52. The summed E-state index contributed by atoms with van der Waals surface area (Å²) in [6.45, 7) is 2.05. The SMILES string of the molecule is COc1ccc(C)cc1NC(=O)CNc1ncnc2ccccc12. The summed E-state index contributed by atoms with van der Waals surface area (Å²) in [6, 6.07) is 13.3. The number of carbonyl (C=O) groups is 1. The molecule has 6 heteroatoms. The van der Waals surface area contributed by atoms with Gasteiger partial charge in [-0.25, -0.2) is 9.97 Å². The second-order valence-corrected chi connectivity index (χ2v) is 5.34. The minimum Gasteiger partial charge on any atom is -0.495 e. The molecule has 0 radical (unpaired) electrons. The molecular weight excluding hydrogens is 304 g/mol. The Bertz CT molecular complexity index is 875. The van der Waals surface area contributed by atoms with Gasteiger partial charge in [0.1, 0.15) is 17.9 Å². The molecule has 0 aliphatic heterocycles. The van der Waals surface area contributed by atoms with Crippen molar-refractivity contribution in [3.05, 3.63) is 54.4 Å². The summed E-state index contributed by atoms with van der Waals surface area (Å²) in [4.78, 5) is 20.6. The number of hydrogen-bond acceptors (Lipinski definition) is 5. The van der Waals surface area contributed by atoms with Crippen LogP contribution < -0.4 is 15.4 Å². The molecule has 6 nitrogen and oxygen atoms in total. The third-order valence-corrected chi connectivity index (χ3v) is 3.59. The lowest BCUT2D eigenvalue weighted by molar-refractivity contribution is -0.114. The highest BCUT2D eigenvalue weighted by atomic mass is 16.5. The van der Waals surface area contributed by atoms with E-state index in [9.17, 15) is 4.79 Å². The van der Waals surface area contributed by atoms with Crippen LogP contribution in [0.4, 0.5) is 11.5 Å². The van der Waals surface area contributed by atoms with Gasteiger partial charge in [0, 0.05) is 5.39 Å². The predicted molar refractivity (Wildman–Crippen MR) is 94.4 cm³/mol. The van der Waals surface area contributed by atoms with E-state index >= 15 is 0 Å². The van der Waals surface area contributed by atoms with Crippen molar-refractivity contribution in [1.29, 1.82) is 0 Å². The fourth-order valence-corrected chi connectivity index (χ4v) is 2.42. The first-order valence-corrected chi connectivity index (χ1v) is 7.55. The van der Waals surface area contributed by atoms with Crippen LogP contribution in [0, 0.1) is 6.92 Å². The van der Waals surface area contributed by atoms with Gasteiger partial charge >= 0.3 is 0 Å². The van der Waals surface area contributed by atoms with Gasteiger partial charge in [-0.05, 0) is 36.8 Å².